The summed E-state index contributed by atoms with van der Waals surface area (Å²) in [6.45, 7) is 3.40. The highest BCUT2D eigenvalue weighted by atomic mass is 35.5. The van der Waals surface area contributed by atoms with Gasteiger partial charge in [-0.15, -0.1) is 0 Å². The minimum Gasteiger partial charge on any atom is -0.492 e. The van der Waals surface area contributed by atoms with Crippen LogP contribution >= 0.6 is 24.2 Å². The normalized spacial score (nSPS) is 19.0. The number of carbonyl (C=O) groups is 1. The van der Waals surface area contributed by atoms with Crippen LogP contribution in [0.3, 0.4) is 0 Å². The van der Waals surface area contributed by atoms with Crippen molar-refractivity contribution in [1.82, 2.24) is 0 Å². The Labute approximate surface area is 124 Å². The molecule has 19 heavy (non-hydrogen) atoms. The zero-order chi connectivity index (χ0) is 13.8. The molecule has 1 aromatic rings. The number of anilines is 1. The van der Waals surface area contributed by atoms with Crippen LogP contribution in [0.25, 0.3) is 0 Å². The third-order valence-corrected chi connectivity index (χ3v) is 3.96. The summed E-state index contributed by atoms with van der Waals surface area (Å²) in [5.74, 6) is 1.86. The monoisotopic (exact) mass is 299 g/mol. The molecule has 1 fully saturated rings. The molecule has 1 saturated heterocycles. The third-order valence-electron chi connectivity index (χ3n) is 3.15. The van der Waals surface area contributed by atoms with Gasteiger partial charge in [-0.2, -0.15) is 12.6 Å². The Balaban J connectivity index is 2.13. The Morgan fingerprint density at radius 2 is 2.32 bits per heavy atom. The molecule has 1 atom stereocenters. The first-order valence-corrected chi connectivity index (χ1v) is 7.50. The quantitative estimate of drug-likeness (QED) is 0.844. The van der Waals surface area contributed by atoms with Gasteiger partial charge >= 0.3 is 0 Å². The number of nitrogens with zero attached hydrogens (tertiary/aromatic N) is 1. The summed E-state index contributed by atoms with van der Waals surface area (Å²) in [5.41, 5.74) is 0.836. The van der Waals surface area contributed by atoms with E-state index < -0.39 is 0 Å². The van der Waals surface area contributed by atoms with Crippen LogP contribution in [0.5, 0.6) is 5.75 Å². The number of hydrogen-bond acceptors (Lipinski definition) is 3. The van der Waals surface area contributed by atoms with E-state index in [0.29, 0.717) is 36.3 Å². The highest BCUT2D eigenvalue weighted by Gasteiger charge is 2.29. The fourth-order valence-corrected chi connectivity index (χ4v) is 2.61. The standard InChI is InChI=1S/C14H18ClNO2S/c1-2-5-18-13-4-3-11(7-12(13)15)16-8-10(9-19)6-14(16)17/h3-4,7,10,19H,2,5-6,8-9H2,1H3. The molecule has 0 aromatic heterocycles. The molecular formula is C14H18ClNO2S. The van der Waals surface area contributed by atoms with E-state index in [1.165, 1.54) is 0 Å². The van der Waals surface area contributed by atoms with Crippen LogP contribution in [-0.4, -0.2) is 24.8 Å². The molecule has 1 unspecified atom stereocenters. The van der Waals surface area contributed by atoms with Gasteiger partial charge in [0.2, 0.25) is 5.91 Å². The summed E-state index contributed by atoms with van der Waals surface area (Å²) in [5, 5.41) is 0.549. The molecule has 3 nitrogen and oxygen atoms in total. The SMILES string of the molecule is CCCOc1ccc(N2CC(CS)CC2=O)cc1Cl. The molecule has 2 rings (SSSR count). The van der Waals surface area contributed by atoms with E-state index in [0.717, 1.165) is 17.9 Å². The fraction of sp³-hybridized carbons (Fsp3) is 0.500. The Morgan fingerprint density at radius 1 is 1.53 bits per heavy atom. The molecule has 0 saturated carbocycles. The van der Waals surface area contributed by atoms with E-state index in [9.17, 15) is 4.79 Å². The largest absolute Gasteiger partial charge is 0.492 e. The average molecular weight is 300 g/mol. The number of hydrogen-bond donors (Lipinski definition) is 1. The van der Waals surface area contributed by atoms with E-state index in [-0.39, 0.29) is 5.91 Å². The number of halogens is 1. The highest BCUT2D eigenvalue weighted by Crippen LogP contribution is 2.32. The Bertz CT molecular complexity index is 467. The lowest BCUT2D eigenvalue weighted by molar-refractivity contribution is -0.117. The number of benzene rings is 1. The molecule has 1 amide bonds. The van der Waals surface area contributed by atoms with Crippen LogP contribution in [-0.2, 0) is 4.79 Å². The van der Waals surface area contributed by atoms with Crippen LogP contribution < -0.4 is 9.64 Å². The number of carbonyl (C=O) groups excluding carboxylic acids is 1. The van der Waals surface area contributed by atoms with Gasteiger partial charge in [-0.3, -0.25) is 4.79 Å². The summed E-state index contributed by atoms with van der Waals surface area (Å²) in [7, 11) is 0. The van der Waals surface area contributed by atoms with Crippen molar-refractivity contribution in [3.05, 3.63) is 23.2 Å². The van der Waals surface area contributed by atoms with Crippen molar-refractivity contribution in [3.8, 4) is 5.75 Å². The summed E-state index contributed by atoms with van der Waals surface area (Å²) < 4.78 is 5.53. The highest BCUT2D eigenvalue weighted by molar-refractivity contribution is 7.80. The molecule has 0 bridgehead atoms. The van der Waals surface area contributed by atoms with Crippen LogP contribution in [0.4, 0.5) is 5.69 Å². The van der Waals surface area contributed by atoms with Crippen molar-refractivity contribution < 1.29 is 9.53 Å². The van der Waals surface area contributed by atoms with E-state index in [1.54, 1.807) is 11.0 Å². The van der Waals surface area contributed by atoms with E-state index in [4.69, 9.17) is 16.3 Å². The Morgan fingerprint density at radius 3 is 2.89 bits per heavy atom. The molecule has 0 spiro atoms. The van der Waals surface area contributed by atoms with Gasteiger partial charge in [0.1, 0.15) is 5.75 Å². The van der Waals surface area contributed by atoms with Crippen LogP contribution in [0, 0.1) is 5.92 Å². The van der Waals surface area contributed by atoms with Gasteiger partial charge < -0.3 is 9.64 Å². The molecule has 1 heterocycles. The van der Waals surface area contributed by atoms with Gasteiger partial charge in [0.25, 0.3) is 0 Å². The van der Waals surface area contributed by atoms with Crippen molar-refractivity contribution in [2.45, 2.75) is 19.8 Å². The summed E-state index contributed by atoms with van der Waals surface area (Å²) >= 11 is 10.4. The van der Waals surface area contributed by atoms with Gasteiger partial charge in [-0.05, 0) is 36.3 Å². The molecule has 1 aliphatic rings. The fourth-order valence-electron chi connectivity index (χ4n) is 2.14. The Hall–Kier alpha value is -0.870. The summed E-state index contributed by atoms with van der Waals surface area (Å²) in [4.78, 5) is 13.7. The maximum absolute atomic E-state index is 11.9. The lowest BCUT2D eigenvalue weighted by atomic mass is 10.1. The van der Waals surface area contributed by atoms with Crippen LogP contribution in [0.15, 0.2) is 18.2 Å². The number of thiol groups is 1. The second-order valence-electron chi connectivity index (χ2n) is 4.72. The van der Waals surface area contributed by atoms with E-state index >= 15 is 0 Å². The third kappa shape index (κ3) is 3.37. The van der Waals surface area contributed by atoms with Crippen LogP contribution in [0.2, 0.25) is 5.02 Å². The van der Waals surface area contributed by atoms with Crippen molar-refractivity contribution in [3.63, 3.8) is 0 Å². The van der Waals surface area contributed by atoms with E-state index in [1.807, 2.05) is 19.1 Å². The molecule has 1 aliphatic heterocycles. The van der Waals surface area contributed by atoms with Gasteiger partial charge in [0.15, 0.2) is 0 Å². The average Bonchev–Trinajstić information content (AvgIpc) is 2.78. The zero-order valence-electron chi connectivity index (χ0n) is 10.9. The zero-order valence-corrected chi connectivity index (χ0v) is 12.6. The number of amides is 1. The molecule has 0 aliphatic carbocycles. The van der Waals surface area contributed by atoms with Crippen molar-refractivity contribution in [2.75, 3.05) is 23.8 Å². The lowest BCUT2D eigenvalue weighted by Gasteiger charge is -2.18. The molecule has 104 valence electrons. The van der Waals surface area contributed by atoms with Gasteiger partial charge in [-0.25, -0.2) is 0 Å². The van der Waals surface area contributed by atoms with Crippen LogP contribution in [0.1, 0.15) is 19.8 Å². The number of ether oxygens (including phenoxy) is 1. The first-order chi connectivity index (χ1) is 9.15. The second kappa shape index (κ2) is 6.53. The maximum atomic E-state index is 11.9. The molecule has 1 aromatic carbocycles. The number of rotatable bonds is 5. The first kappa shape index (κ1) is 14.5. The molecule has 0 N–H and O–H groups in total. The summed E-state index contributed by atoms with van der Waals surface area (Å²) in [6.07, 6.45) is 1.50. The minimum atomic E-state index is 0.136. The molecule has 5 heteroatoms. The van der Waals surface area contributed by atoms with E-state index in [2.05, 4.69) is 12.6 Å². The smallest absolute Gasteiger partial charge is 0.227 e. The Kier molecular flexibility index (Phi) is 4.99. The van der Waals surface area contributed by atoms with Crippen molar-refractivity contribution in [1.29, 1.82) is 0 Å². The van der Waals surface area contributed by atoms with Crippen molar-refractivity contribution >= 4 is 35.8 Å². The van der Waals surface area contributed by atoms with Gasteiger partial charge in [0.05, 0.1) is 11.6 Å². The minimum absolute atomic E-state index is 0.136. The first-order valence-electron chi connectivity index (χ1n) is 6.49. The van der Waals surface area contributed by atoms with Gasteiger partial charge in [0, 0.05) is 18.7 Å². The summed E-state index contributed by atoms with van der Waals surface area (Å²) in [6, 6.07) is 5.51. The topological polar surface area (TPSA) is 29.5 Å². The maximum Gasteiger partial charge on any atom is 0.227 e. The second-order valence-corrected chi connectivity index (χ2v) is 5.49. The predicted octanol–water partition coefficient (Wildman–Crippen LogP) is 3.41. The predicted molar refractivity (Wildman–Crippen MR) is 81.6 cm³/mol. The van der Waals surface area contributed by atoms with Crippen molar-refractivity contribution in [2.24, 2.45) is 5.92 Å². The lowest BCUT2D eigenvalue weighted by Crippen LogP contribution is -2.24. The van der Waals surface area contributed by atoms with Gasteiger partial charge in [-0.1, -0.05) is 18.5 Å². The molecular weight excluding hydrogens is 282 g/mol. The molecule has 0 radical (unpaired) electrons.